The summed E-state index contributed by atoms with van der Waals surface area (Å²) < 4.78 is 0. The van der Waals surface area contributed by atoms with Crippen molar-refractivity contribution in [2.75, 3.05) is 0 Å². The van der Waals surface area contributed by atoms with E-state index in [0.717, 1.165) is 5.71 Å². The zero-order chi connectivity index (χ0) is 8.10. The summed E-state index contributed by atoms with van der Waals surface area (Å²) in [6, 6.07) is 0. The molecule has 0 aromatic heterocycles. The summed E-state index contributed by atoms with van der Waals surface area (Å²) in [5, 5.41) is 0. The first kappa shape index (κ1) is 7.47. The van der Waals surface area contributed by atoms with Crippen LogP contribution in [0.15, 0.2) is 46.8 Å². The summed E-state index contributed by atoms with van der Waals surface area (Å²) in [6.07, 6.45) is 8.18. The monoisotopic (exact) mass is 147 g/mol. The summed E-state index contributed by atoms with van der Waals surface area (Å²) in [6.45, 7) is 3.48. The van der Waals surface area contributed by atoms with E-state index in [1.54, 1.807) is 12.3 Å². The topological polar surface area (TPSA) is 50.7 Å². The first-order valence-electron chi connectivity index (χ1n) is 3.20. The van der Waals surface area contributed by atoms with Crippen LogP contribution in [-0.2, 0) is 0 Å². The molecule has 0 spiro atoms. The molecule has 56 valence electrons. The Bertz CT molecular complexity index is 269. The van der Waals surface area contributed by atoms with E-state index < -0.39 is 0 Å². The molecule has 3 heteroatoms. The van der Waals surface area contributed by atoms with Crippen LogP contribution in [0.4, 0.5) is 0 Å². The van der Waals surface area contributed by atoms with Gasteiger partial charge in [-0.3, -0.25) is 9.98 Å². The molecule has 0 amide bonds. The molecule has 0 saturated carbocycles. The average molecular weight is 147 g/mol. The van der Waals surface area contributed by atoms with E-state index in [0.29, 0.717) is 5.70 Å². The van der Waals surface area contributed by atoms with Gasteiger partial charge in [0.25, 0.3) is 0 Å². The lowest BCUT2D eigenvalue weighted by Crippen LogP contribution is -2.03. The zero-order valence-corrected chi connectivity index (χ0v) is 6.07. The summed E-state index contributed by atoms with van der Waals surface area (Å²) in [5.41, 5.74) is 6.71. The molecule has 1 heterocycles. The van der Waals surface area contributed by atoms with Crippen molar-refractivity contribution in [3.8, 4) is 0 Å². The molecule has 1 aliphatic rings. The Hall–Kier alpha value is -1.64. The van der Waals surface area contributed by atoms with Crippen LogP contribution in [0, 0.1) is 0 Å². The predicted molar refractivity (Wildman–Crippen MR) is 47.5 cm³/mol. The molecular formula is C8H9N3. The molecule has 3 nitrogen and oxygen atoms in total. The molecule has 0 radical (unpaired) electrons. The van der Waals surface area contributed by atoms with Crippen molar-refractivity contribution in [2.24, 2.45) is 15.7 Å². The lowest BCUT2D eigenvalue weighted by Gasteiger charge is -2.02. The zero-order valence-electron chi connectivity index (χ0n) is 6.07. The number of hydrogen-bond acceptors (Lipinski definition) is 3. The van der Waals surface area contributed by atoms with E-state index in [4.69, 9.17) is 5.73 Å². The molecule has 0 saturated heterocycles. The van der Waals surface area contributed by atoms with Gasteiger partial charge >= 0.3 is 0 Å². The second-order valence-electron chi connectivity index (χ2n) is 1.89. The maximum Gasteiger partial charge on any atom is 0.104 e. The summed E-state index contributed by atoms with van der Waals surface area (Å²) in [5.74, 6) is 0. The number of hydrogen-bond donors (Lipinski definition) is 1. The van der Waals surface area contributed by atoms with Gasteiger partial charge in [0.05, 0.1) is 5.71 Å². The van der Waals surface area contributed by atoms with Gasteiger partial charge < -0.3 is 5.73 Å². The second-order valence-corrected chi connectivity index (χ2v) is 1.89. The molecule has 0 aliphatic carbocycles. The van der Waals surface area contributed by atoms with E-state index >= 15 is 0 Å². The summed E-state index contributed by atoms with van der Waals surface area (Å²) >= 11 is 0. The Balaban J connectivity index is 2.97. The molecule has 0 aromatic carbocycles. The van der Waals surface area contributed by atoms with Gasteiger partial charge in [-0.15, -0.1) is 0 Å². The highest BCUT2D eigenvalue weighted by molar-refractivity contribution is 6.12. The highest BCUT2D eigenvalue weighted by Gasteiger charge is 2.01. The highest BCUT2D eigenvalue weighted by atomic mass is 14.8. The first-order chi connectivity index (χ1) is 5.38. The third-order valence-corrected chi connectivity index (χ3v) is 1.20. The maximum atomic E-state index is 5.30. The number of allylic oxidation sites excluding steroid dienone is 2. The number of nitrogens with two attached hydrogens (primary N) is 1. The van der Waals surface area contributed by atoms with Crippen LogP contribution in [-0.4, -0.2) is 11.9 Å². The SMILES string of the molecule is C=C/N=C1/C=CC=N/C1=C/N. The molecular weight excluding hydrogens is 138 g/mol. The number of dihydropyridines is 1. The predicted octanol–water partition coefficient (Wildman–Crippen LogP) is 1.01. The van der Waals surface area contributed by atoms with E-state index in [9.17, 15) is 0 Å². The summed E-state index contributed by atoms with van der Waals surface area (Å²) in [7, 11) is 0. The largest absolute Gasteiger partial charge is 0.403 e. The van der Waals surface area contributed by atoms with Crippen molar-refractivity contribution < 1.29 is 0 Å². The van der Waals surface area contributed by atoms with Crippen LogP contribution >= 0.6 is 0 Å². The first-order valence-corrected chi connectivity index (χ1v) is 3.20. The van der Waals surface area contributed by atoms with Gasteiger partial charge in [0, 0.05) is 18.6 Å². The van der Waals surface area contributed by atoms with Crippen LogP contribution < -0.4 is 5.73 Å². The van der Waals surface area contributed by atoms with Gasteiger partial charge in [-0.2, -0.15) is 0 Å². The molecule has 0 atom stereocenters. The molecule has 0 aromatic rings. The minimum absolute atomic E-state index is 0.674. The van der Waals surface area contributed by atoms with Gasteiger partial charge in [0.15, 0.2) is 0 Å². The van der Waals surface area contributed by atoms with Crippen molar-refractivity contribution in [1.82, 2.24) is 0 Å². The highest BCUT2D eigenvalue weighted by Crippen LogP contribution is 2.04. The lowest BCUT2D eigenvalue weighted by atomic mass is 10.2. The minimum atomic E-state index is 0.674. The normalized spacial score (nSPS) is 22.9. The fourth-order valence-corrected chi connectivity index (χ4v) is 0.745. The van der Waals surface area contributed by atoms with Gasteiger partial charge in [-0.05, 0) is 12.2 Å². The van der Waals surface area contributed by atoms with Gasteiger partial charge in [0.2, 0.25) is 0 Å². The van der Waals surface area contributed by atoms with E-state index in [1.165, 1.54) is 12.4 Å². The molecule has 0 fully saturated rings. The van der Waals surface area contributed by atoms with Crippen LogP contribution in [0.25, 0.3) is 0 Å². The number of rotatable bonds is 1. The van der Waals surface area contributed by atoms with Gasteiger partial charge in [-0.1, -0.05) is 6.58 Å². The van der Waals surface area contributed by atoms with Crippen LogP contribution in [0.2, 0.25) is 0 Å². The smallest absolute Gasteiger partial charge is 0.104 e. The van der Waals surface area contributed by atoms with Crippen LogP contribution in [0.3, 0.4) is 0 Å². The molecule has 1 rings (SSSR count). The van der Waals surface area contributed by atoms with E-state index in [2.05, 4.69) is 16.6 Å². The van der Waals surface area contributed by atoms with Crippen LogP contribution in [0.5, 0.6) is 0 Å². The van der Waals surface area contributed by atoms with E-state index in [1.807, 2.05) is 6.08 Å². The standard InChI is InChI=1S/C8H9N3/c1-2-10-7-4-3-5-11-8(7)6-9/h2-6H,1,9H2/b8-6+,10-7-. The fraction of sp³-hybridized carbons (Fsp3) is 0. The third-order valence-electron chi connectivity index (χ3n) is 1.20. The number of nitrogens with zero attached hydrogens (tertiary/aromatic N) is 2. The van der Waals surface area contributed by atoms with Crippen molar-refractivity contribution in [2.45, 2.75) is 0 Å². The Kier molecular flexibility index (Phi) is 2.38. The number of aliphatic imine (C=N–C) groups is 2. The molecule has 11 heavy (non-hydrogen) atoms. The fourth-order valence-electron chi connectivity index (χ4n) is 0.745. The van der Waals surface area contributed by atoms with Crippen molar-refractivity contribution in [1.29, 1.82) is 0 Å². The van der Waals surface area contributed by atoms with Crippen molar-refractivity contribution in [3.63, 3.8) is 0 Å². The Morgan fingerprint density at radius 2 is 2.45 bits per heavy atom. The van der Waals surface area contributed by atoms with Crippen LogP contribution in [0.1, 0.15) is 0 Å². The molecule has 1 aliphatic heterocycles. The summed E-state index contributed by atoms with van der Waals surface area (Å²) in [4.78, 5) is 7.96. The maximum absolute atomic E-state index is 5.30. The molecule has 0 bridgehead atoms. The quantitative estimate of drug-likeness (QED) is 0.591. The Morgan fingerprint density at radius 1 is 1.64 bits per heavy atom. The minimum Gasteiger partial charge on any atom is -0.403 e. The Morgan fingerprint density at radius 3 is 3.09 bits per heavy atom. The second kappa shape index (κ2) is 3.51. The Labute approximate surface area is 65.3 Å². The molecule has 2 N–H and O–H groups in total. The average Bonchev–Trinajstić information content (AvgIpc) is 2.06. The molecule has 0 unspecified atom stereocenters. The van der Waals surface area contributed by atoms with Crippen molar-refractivity contribution in [3.05, 3.63) is 36.8 Å². The van der Waals surface area contributed by atoms with Gasteiger partial charge in [-0.25, -0.2) is 0 Å². The van der Waals surface area contributed by atoms with Crippen molar-refractivity contribution >= 4 is 11.9 Å². The lowest BCUT2D eigenvalue weighted by molar-refractivity contribution is 1.38. The third kappa shape index (κ3) is 1.64. The van der Waals surface area contributed by atoms with Gasteiger partial charge in [0.1, 0.15) is 5.70 Å². The van der Waals surface area contributed by atoms with E-state index in [-0.39, 0.29) is 0 Å².